The van der Waals surface area contributed by atoms with Crippen LogP contribution in [0.3, 0.4) is 0 Å². The molecule has 118 valence electrons. The Morgan fingerprint density at radius 3 is 2.70 bits per heavy atom. The number of hydrogen-bond donors (Lipinski definition) is 2. The second kappa shape index (κ2) is 8.35. The summed E-state index contributed by atoms with van der Waals surface area (Å²) in [6, 6.07) is 0.738. The zero-order valence-electron chi connectivity index (χ0n) is 13.4. The fourth-order valence-corrected chi connectivity index (χ4v) is 4.27. The first kappa shape index (κ1) is 16.3. The van der Waals surface area contributed by atoms with Gasteiger partial charge in [-0.15, -0.1) is 0 Å². The Balaban J connectivity index is 1.91. The van der Waals surface area contributed by atoms with Gasteiger partial charge in [-0.3, -0.25) is 4.90 Å². The van der Waals surface area contributed by atoms with Crippen molar-refractivity contribution in [2.45, 2.75) is 70.8 Å². The molecule has 20 heavy (non-hydrogen) atoms. The number of likely N-dealkylation sites (tertiary alicyclic amines) is 1. The molecule has 1 saturated heterocycles. The van der Waals surface area contributed by atoms with Crippen molar-refractivity contribution in [1.82, 2.24) is 10.2 Å². The van der Waals surface area contributed by atoms with Gasteiger partial charge in [-0.2, -0.15) is 0 Å². The molecule has 1 unspecified atom stereocenters. The SMILES string of the molecule is CCNCC1(CN2CCCC2CCCO)CCCCC1. The van der Waals surface area contributed by atoms with E-state index in [0.717, 1.165) is 19.0 Å². The highest BCUT2D eigenvalue weighted by molar-refractivity contribution is 4.91. The van der Waals surface area contributed by atoms with Crippen LogP contribution in [0.1, 0.15) is 64.7 Å². The molecule has 1 aliphatic heterocycles. The second-order valence-corrected chi connectivity index (χ2v) is 6.97. The molecule has 0 spiro atoms. The van der Waals surface area contributed by atoms with E-state index >= 15 is 0 Å². The molecule has 0 radical (unpaired) electrons. The van der Waals surface area contributed by atoms with Gasteiger partial charge in [0.1, 0.15) is 0 Å². The van der Waals surface area contributed by atoms with Crippen LogP contribution in [0.2, 0.25) is 0 Å². The Morgan fingerprint density at radius 1 is 1.20 bits per heavy atom. The van der Waals surface area contributed by atoms with Crippen molar-refractivity contribution in [1.29, 1.82) is 0 Å². The molecular formula is C17H34N2O. The van der Waals surface area contributed by atoms with Gasteiger partial charge < -0.3 is 10.4 Å². The van der Waals surface area contributed by atoms with Crippen LogP contribution >= 0.6 is 0 Å². The van der Waals surface area contributed by atoms with Crippen molar-refractivity contribution in [3.05, 3.63) is 0 Å². The molecule has 1 saturated carbocycles. The number of nitrogens with zero attached hydrogens (tertiary/aromatic N) is 1. The highest BCUT2D eigenvalue weighted by Crippen LogP contribution is 2.38. The summed E-state index contributed by atoms with van der Waals surface area (Å²) < 4.78 is 0. The summed E-state index contributed by atoms with van der Waals surface area (Å²) in [4.78, 5) is 2.75. The van der Waals surface area contributed by atoms with Crippen molar-refractivity contribution >= 4 is 0 Å². The summed E-state index contributed by atoms with van der Waals surface area (Å²) in [6.45, 7) is 7.44. The van der Waals surface area contributed by atoms with Gasteiger partial charge in [0, 0.05) is 25.7 Å². The average Bonchev–Trinajstić information content (AvgIpc) is 2.91. The molecule has 2 rings (SSSR count). The Hall–Kier alpha value is -0.120. The molecule has 2 aliphatic rings. The van der Waals surface area contributed by atoms with E-state index in [-0.39, 0.29) is 0 Å². The third kappa shape index (κ3) is 4.44. The Kier molecular flexibility index (Phi) is 6.79. The summed E-state index contributed by atoms with van der Waals surface area (Å²) in [6.07, 6.45) is 11.9. The van der Waals surface area contributed by atoms with E-state index in [1.54, 1.807) is 0 Å². The van der Waals surface area contributed by atoms with Crippen LogP contribution in [0.15, 0.2) is 0 Å². The molecule has 0 amide bonds. The third-order valence-electron chi connectivity index (χ3n) is 5.40. The molecular weight excluding hydrogens is 248 g/mol. The molecule has 1 aliphatic carbocycles. The van der Waals surface area contributed by atoms with E-state index in [9.17, 15) is 0 Å². The minimum absolute atomic E-state index is 0.354. The molecule has 3 heteroatoms. The van der Waals surface area contributed by atoms with Gasteiger partial charge >= 0.3 is 0 Å². The lowest BCUT2D eigenvalue weighted by Crippen LogP contribution is -2.46. The van der Waals surface area contributed by atoms with Crippen molar-refractivity contribution in [3.8, 4) is 0 Å². The van der Waals surface area contributed by atoms with Gasteiger partial charge in [0.25, 0.3) is 0 Å². The maximum Gasteiger partial charge on any atom is 0.0431 e. The van der Waals surface area contributed by atoms with E-state index in [1.807, 2.05) is 0 Å². The van der Waals surface area contributed by atoms with Crippen molar-refractivity contribution in [2.75, 3.05) is 32.8 Å². The summed E-state index contributed by atoms with van der Waals surface area (Å²) >= 11 is 0. The molecule has 0 aromatic rings. The van der Waals surface area contributed by atoms with Gasteiger partial charge in [0.15, 0.2) is 0 Å². The molecule has 0 aromatic carbocycles. The van der Waals surface area contributed by atoms with Crippen LogP contribution in [0, 0.1) is 5.41 Å². The maximum atomic E-state index is 9.07. The van der Waals surface area contributed by atoms with Crippen molar-refractivity contribution in [3.63, 3.8) is 0 Å². The molecule has 3 nitrogen and oxygen atoms in total. The number of aliphatic hydroxyl groups excluding tert-OH is 1. The lowest BCUT2D eigenvalue weighted by molar-refractivity contribution is 0.0904. The number of nitrogens with one attached hydrogen (secondary N) is 1. The topological polar surface area (TPSA) is 35.5 Å². The van der Waals surface area contributed by atoms with Crippen LogP contribution in [0.25, 0.3) is 0 Å². The van der Waals surface area contributed by atoms with Crippen LogP contribution in [-0.4, -0.2) is 48.8 Å². The predicted molar refractivity (Wildman–Crippen MR) is 85.0 cm³/mol. The smallest absolute Gasteiger partial charge is 0.0431 e. The highest BCUT2D eigenvalue weighted by Gasteiger charge is 2.36. The monoisotopic (exact) mass is 282 g/mol. The van der Waals surface area contributed by atoms with Crippen LogP contribution in [0.5, 0.6) is 0 Å². The van der Waals surface area contributed by atoms with Gasteiger partial charge in [0.05, 0.1) is 0 Å². The van der Waals surface area contributed by atoms with Gasteiger partial charge in [-0.25, -0.2) is 0 Å². The third-order valence-corrected chi connectivity index (χ3v) is 5.40. The molecule has 1 heterocycles. The summed E-state index contributed by atoms with van der Waals surface area (Å²) in [5, 5.41) is 12.7. The first-order valence-electron chi connectivity index (χ1n) is 8.85. The zero-order chi connectivity index (χ0) is 14.3. The molecule has 2 N–H and O–H groups in total. The Bertz CT molecular complexity index is 264. The predicted octanol–water partition coefficient (Wildman–Crippen LogP) is 2.78. The summed E-state index contributed by atoms with van der Waals surface area (Å²) in [7, 11) is 0. The first-order valence-corrected chi connectivity index (χ1v) is 8.85. The second-order valence-electron chi connectivity index (χ2n) is 6.97. The molecule has 2 fully saturated rings. The standard InChI is InChI=1S/C17H34N2O/c1-2-18-14-17(10-4-3-5-11-17)15-19-12-6-8-16(19)9-7-13-20/h16,18,20H,2-15H2,1H3. The highest BCUT2D eigenvalue weighted by atomic mass is 16.2. The van der Waals surface area contributed by atoms with E-state index in [0.29, 0.717) is 12.0 Å². The zero-order valence-corrected chi connectivity index (χ0v) is 13.4. The van der Waals surface area contributed by atoms with E-state index < -0.39 is 0 Å². The first-order chi connectivity index (χ1) is 9.79. The van der Waals surface area contributed by atoms with E-state index in [1.165, 1.54) is 71.0 Å². The number of aliphatic hydroxyl groups is 1. The minimum atomic E-state index is 0.354. The number of rotatable bonds is 8. The summed E-state index contributed by atoms with van der Waals surface area (Å²) in [5.74, 6) is 0. The fraction of sp³-hybridized carbons (Fsp3) is 1.00. The fourth-order valence-electron chi connectivity index (χ4n) is 4.27. The minimum Gasteiger partial charge on any atom is -0.396 e. The lowest BCUT2D eigenvalue weighted by Gasteiger charge is -2.42. The van der Waals surface area contributed by atoms with Crippen LogP contribution in [-0.2, 0) is 0 Å². The van der Waals surface area contributed by atoms with Crippen LogP contribution < -0.4 is 5.32 Å². The van der Waals surface area contributed by atoms with Gasteiger partial charge in [0.2, 0.25) is 0 Å². The lowest BCUT2D eigenvalue weighted by atomic mass is 9.73. The van der Waals surface area contributed by atoms with Gasteiger partial charge in [-0.1, -0.05) is 26.2 Å². The molecule has 0 bridgehead atoms. The van der Waals surface area contributed by atoms with Crippen LogP contribution in [0.4, 0.5) is 0 Å². The van der Waals surface area contributed by atoms with E-state index in [4.69, 9.17) is 5.11 Å². The largest absolute Gasteiger partial charge is 0.396 e. The number of hydrogen-bond acceptors (Lipinski definition) is 3. The Labute approximate surface area is 125 Å². The van der Waals surface area contributed by atoms with E-state index in [2.05, 4.69) is 17.1 Å². The maximum absolute atomic E-state index is 9.07. The Morgan fingerprint density at radius 2 is 2.00 bits per heavy atom. The normalized spacial score (nSPS) is 27.0. The van der Waals surface area contributed by atoms with Crippen molar-refractivity contribution in [2.24, 2.45) is 5.41 Å². The van der Waals surface area contributed by atoms with Crippen molar-refractivity contribution < 1.29 is 5.11 Å². The average molecular weight is 282 g/mol. The molecule has 1 atom stereocenters. The quantitative estimate of drug-likeness (QED) is 0.718. The molecule has 0 aromatic heterocycles. The van der Waals surface area contributed by atoms with Gasteiger partial charge in [-0.05, 0) is 57.0 Å². The summed E-state index contributed by atoms with van der Waals surface area (Å²) in [5.41, 5.74) is 0.524.